The van der Waals surface area contributed by atoms with Crippen LogP contribution >= 0.6 is 22.6 Å². The van der Waals surface area contributed by atoms with Gasteiger partial charge in [0.1, 0.15) is 3.92 Å². The van der Waals surface area contributed by atoms with Gasteiger partial charge in [0.2, 0.25) is 0 Å². The molecule has 0 aliphatic rings. The van der Waals surface area contributed by atoms with E-state index < -0.39 is 15.9 Å². The highest BCUT2D eigenvalue weighted by molar-refractivity contribution is 14.1. The van der Waals surface area contributed by atoms with Crippen molar-refractivity contribution in [2.24, 2.45) is 0 Å². The number of carboxylic acids is 2. The lowest BCUT2D eigenvalue weighted by atomic mass is 10.1. The Balaban J connectivity index is 3.19. The van der Waals surface area contributed by atoms with Crippen molar-refractivity contribution in [1.29, 1.82) is 0 Å². The molecule has 0 amide bonds. The number of hydrogen-bond acceptors (Lipinski definition) is 2. The lowest BCUT2D eigenvalue weighted by Crippen LogP contribution is -2.10. The zero-order chi connectivity index (χ0) is 10.7. The van der Waals surface area contributed by atoms with Gasteiger partial charge in [-0.2, -0.15) is 0 Å². The molecule has 5 heteroatoms. The molecule has 14 heavy (non-hydrogen) atoms. The van der Waals surface area contributed by atoms with Crippen LogP contribution in [0.25, 0.3) is 0 Å². The van der Waals surface area contributed by atoms with Crippen LogP contribution in [0.2, 0.25) is 0 Å². The fraction of sp³-hybridized carbons (Fsp3) is 0.111. The molecule has 0 saturated carbocycles. The first kappa shape index (κ1) is 11.0. The van der Waals surface area contributed by atoms with Crippen molar-refractivity contribution in [1.82, 2.24) is 0 Å². The van der Waals surface area contributed by atoms with Crippen LogP contribution in [0.15, 0.2) is 24.3 Å². The molecule has 1 aromatic rings. The minimum Gasteiger partial charge on any atom is -0.480 e. The monoisotopic (exact) mass is 306 g/mol. The van der Waals surface area contributed by atoms with Crippen LogP contribution in [0, 0.1) is 0 Å². The molecule has 0 heterocycles. The topological polar surface area (TPSA) is 74.6 Å². The highest BCUT2D eigenvalue weighted by Crippen LogP contribution is 2.26. The van der Waals surface area contributed by atoms with Gasteiger partial charge >= 0.3 is 11.9 Å². The van der Waals surface area contributed by atoms with Crippen molar-refractivity contribution in [3.05, 3.63) is 35.4 Å². The molecule has 0 fully saturated rings. The summed E-state index contributed by atoms with van der Waals surface area (Å²) in [6, 6.07) is 6.09. The Morgan fingerprint density at radius 2 is 1.79 bits per heavy atom. The number of rotatable bonds is 3. The largest absolute Gasteiger partial charge is 0.480 e. The summed E-state index contributed by atoms with van der Waals surface area (Å²) in [7, 11) is 0. The van der Waals surface area contributed by atoms with Crippen molar-refractivity contribution < 1.29 is 19.8 Å². The lowest BCUT2D eigenvalue weighted by Gasteiger charge is -2.07. The summed E-state index contributed by atoms with van der Waals surface area (Å²) in [5.74, 6) is -2.15. The molecule has 0 aliphatic carbocycles. The molecule has 1 unspecified atom stereocenters. The molecule has 1 aromatic carbocycles. The van der Waals surface area contributed by atoms with E-state index in [1.54, 1.807) is 34.7 Å². The van der Waals surface area contributed by atoms with Gasteiger partial charge in [-0.25, -0.2) is 4.79 Å². The lowest BCUT2D eigenvalue weighted by molar-refractivity contribution is -0.136. The van der Waals surface area contributed by atoms with Gasteiger partial charge in [0.25, 0.3) is 0 Å². The van der Waals surface area contributed by atoms with Gasteiger partial charge in [-0.3, -0.25) is 4.79 Å². The molecule has 4 nitrogen and oxygen atoms in total. The maximum atomic E-state index is 10.8. The van der Waals surface area contributed by atoms with Crippen LogP contribution in [0.5, 0.6) is 0 Å². The number of aliphatic carboxylic acids is 1. The maximum Gasteiger partial charge on any atom is 0.336 e. The summed E-state index contributed by atoms with van der Waals surface area (Å²) in [6.07, 6.45) is 0. The van der Waals surface area contributed by atoms with Gasteiger partial charge in [0, 0.05) is 0 Å². The van der Waals surface area contributed by atoms with Gasteiger partial charge in [-0.1, -0.05) is 40.8 Å². The summed E-state index contributed by atoms with van der Waals surface area (Å²) in [6.45, 7) is 0. The first-order valence-electron chi connectivity index (χ1n) is 3.73. The van der Waals surface area contributed by atoms with E-state index in [2.05, 4.69) is 0 Å². The summed E-state index contributed by atoms with van der Waals surface area (Å²) < 4.78 is -0.833. The Kier molecular flexibility index (Phi) is 3.45. The van der Waals surface area contributed by atoms with Gasteiger partial charge in [-0.15, -0.1) is 0 Å². The average Bonchev–Trinajstić information content (AvgIpc) is 2.16. The normalized spacial score (nSPS) is 12.1. The molecule has 0 saturated heterocycles. The van der Waals surface area contributed by atoms with E-state index in [0.717, 1.165) is 0 Å². The van der Waals surface area contributed by atoms with Crippen molar-refractivity contribution in [3.63, 3.8) is 0 Å². The Morgan fingerprint density at radius 1 is 1.21 bits per heavy atom. The second kappa shape index (κ2) is 4.41. The first-order chi connectivity index (χ1) is 6.54. The van der Waals surface area contributed by atoms with Crippen LogP contribution in [0.4, 0.5) is 0 Å². The highest BCUT2D eigenvalue weighted by atomic mass is 127. The molecule has 2 N–H and O–H groups in total. The number of alkyl halides is 1. The van der Waals surface area contributed by atoms with E-state index in [1.165, 1.54) is 12.1 Å². The standard InChI is InChI=1S/C9H7IO4/c10-7(9(13)14)5-3-1-2-4-6(5)8(11)12/h1-4,7H,(H,11,12)(H,13,14). The van der Waals surface area contributed by atoms with Gasteiger partial charge in [0.05, 0.1) is 5.56 Å². The Hall–Kier alpha value is -1.11. The number of carbonyl (C=O) groups is 2. The molecule has 0 aromatic heterocycles. The van der Waals surface area contributed by atoms with Crippen LogP contribution < -0.4 is 0 Å². The average molecular weight is 306 g/mol. The number of halogens is 1. The van der Waals surface area contributed by atoms with E-state index in [-0.39, 0.29) is 5.56 Å². The predicted molar refractivity (Wildman–Crippen MR) is 57.8 cm³/mol. The van der Waals surface area contributed by atoms with E-state index in [9.17, 15) is 9.59 Å². The van der Waals surface area contributed by atoms with Gasteiger partial charge in [-0.05, 0) is 11.6 Å². The number of benzene rings is 1. The number of aromatic carboxylic acids is 1. The number of carboxylic acid groups (broad SMARTS) is 2. The smallest absolute Gasteiger partial charge is 0.336 e. The summed E-state index contributed by atoms with van der Waals surface area (Å²) in [5, 5.41) is 17.5. The molecule has 0 radical (unpaired) electrons. The molecule has 0 spiro atoms. The third kappa shape index (κ3) is 2.22. The van der Waals surface area contributed by atoms with Crippen LogP contribution in [-0.2, 0) is 4.79 Å². The Labute approximate surface area is 93.7 Å². The SMILES string of the molecule is O=C(O)c1ccccc1C(I)C(=O)O. The predicted octanol–water partition coefficient (Wildman–Crippen LogP) is 1.95. The fourth-order valence-electron chi connectivity index (χ4n) is 1.05. The molecule has 1 atom stereocenters. The van der Waals surface area contributed by atoms with Crippen molar-refractivity contribution in [2.45, 2.75) is 3.92 Å². The van der Waals surface area contributed by atoms with E-state index >= 15 is 0 Å². The summed E-state index contributed by atoms with van der Waals surface area (Å²) >= 11 is 1.69. The van der Waals surface area contributed by atoms with E-state index in [4.69, 9.17) is 10.2 Å². The molecule has 1 rings (SSSR count). The second-order valence-electron chi connectivity index (χ2n) is 2.59. The Morgan fingerprint density at radius 3 is 2.29 bits per heavy atom. The molecule has 0 aliphatic heterocycles. The third-order valence-corrected chi connectivity index (χ3v) is 2.88. The van der Waals surface area contributed by atoms with Crippen molar-refractivity contribution in [3.8, 4) is 0 Å². The maximum absolute atomic E-state index is 10.8. The summed E-state index contributed by atoms with van der Waals surface area (Å²) in [4.78, 5) is 21.4. The molecule has 0 bridgehead atoms. The van der Waals surface area contributed by atoms with Gasteiger partial charge in [0.15, 0.2) is 0 Å². The minimum absolute atomic E-state index is 0.0364. The third-order valence-electron chi connectivity index (χ3n) is 1.68. The Bertz CT molecular complexity index is 375. The van der Waals surface area contributed by atoms with Crippen molar-refractivity contribution >= 4 is 34.5 Å². The minimum atomic E-state index is -1.11. The molecular formula is C9H7IO4. The zero-order valence-electron chi connectivity index (χ0n) is 6.98. The van der Waals surface area contributed by atoms with E-state index in [0.29, 0.717) is 5.56 Å². The van der Waals surface area contributed by atoms with Crippen LogP contribution in [-0.4, -0.2) is 22.2 Å². The number of hydrogen-bond donors (Lipinski definition) is 2. The summed E-state index contributed by atoms with van der Waals surface area (Å²) in [5.41, 5.74) is 0.349. The molecule has 74 valence electrons. The highest BCUT2D eigenvalue weighted by Gasteiger charge is 2.21. The van der Waals surface area contributed by atoms with Crippen LogP contribution in [0.1, 0.15) is 19.8 Å². The van der Waals surface area contributed by atoms with E-state index in [1.807, 2.05) is 0 Å². The van der Waals surface area contributed by atoms with Gasteiger partial charge < -0.3 is 10.2 Å². The van der Waals surface area contributed by atoms with Crippen LogP contribution in [0.3, 0.4) is 0 Å². The zero-order valence-corrected chi connectivity index (χ0v) is 9.13. The quantitative estimate of drug-likeness (QED) is 0.661. The van der Waals surface area contributed by atoms with Crippen molar-refractivity contribution in [2.75, 3.05) is 0 Å². The first-order valence-corrected chi connectivity index (χ1v) is 4.97. The second-order valence-corrected chi connectivity index (χ2v) is 3.84. The fourth-order valence-corrected chi connectivity index (χ4v) is 1.59. The molecular weight excluding hydrogens is 299 g/mol.